The zero-order chi connectivity index (χ0) is 12.1. The first kappa shape index (κ1) is 12.3. The first-order chi connectivity index (χ1) is 8.24. The summed E-state index contributed by atoms with van der Waals surface area (Å²) in [6, 6.07) is 7.76. The molecular weight excluding hydrogens is 234 g/mol. The second-order valence-electron chi connectivity index (χ2n) is 4.36. The molecule has 2 N–H and O–H groups in total. The van der Waals surface area contributed by atoms with Crippen LogP contribution < -0.4 is 10.5 Å². The van der Waals surface area contributed by atoms with Gasteiger partial charge in [0.2, 0.25) is 0 Å². The van der Waals surface area contributed by atoms with Crippen LogP contribution >= 0.6 is 12.2 Å². The summed E-state index contributed by atoms with van der Waals surface area (Å²) in [4.78, 5) is 0.506. The standard InChI is InChI=1S/C13H17NO2S/c14-13(17)7-10-3-5-12(6-4-10)16-9-15-8-11-1-2-11/h3-6,11H,1-2,7-9H2,(H2,14,17). The highest BCUT2D eigenvalue weighted by Crippen LogP contribution is 2.28. The smallest absolute Gasteiger partial charge is 0.189 e. The third-order valence-electron chi connectivity index (χ3n) is 2.66. The molecule has 0 bridgehead atoms. The lowest BCUT2D eigenvalue weighted by molar-refractivity contribution is 0.00997. The Hall–Kier alpha value is -1.13. The van der Waals surface area contributed by atoms with Crippen LogP contribution in [0.5, 0.6) is 5.75 Å². The predicted octanol–water partition coefficient (Wildman–Crippen LogP) is 2.28. The molecule has 1 aromatic carbocycles. The molecule has 0 saturated heterocycles. The lowest BCUT2D eigenvalue weighted by Gasteiger charge is -2.07. The fourth-order valence-electron chi connectivity index (χ4n) is 1.51. The SMILES string of the molecule is NC(=S)Cc1ccc(OCOCC2CC2)cc1. The summed E-state index contributed by atoms with van der Waals surface area (Å²) in [7, 11) is 0. The van der Waals surface area contributed by atoms with Crippen LogP contribution in [0.3, 0.4) is 0 Å². The molecular formula is C13H17NO2S. The number of hydrogen-bond acceptors (Lipinski definition) is 3. The number of thiocarbonyl (C=S) groups is 1. The van der Waals surface area contributed by atoms with E-state index >= 15 is 0 Å². The van der Waals surface area contributed by atoms with E-state index in [1.54, 1.807) is 0 Å². The van der Waals surface area contributed by atoms with Crippen LogP contribution in [0.1, 0.15) is 18.4 Å². The molecule has 0 amide bonds. The first-order valence-electron chi connectivity index (χ1n) is 5.82. The molecule has 0 radical (unpaired) electrons. The van der Waals surface area contributed by atoms with Gasteiger partial charge in [0.1, 0.15) is 5.75 Å². The van der Waals surface area contributed by atoms with E-state index in [1.165, 1.54) is 12.8 Å². The van der Waals surface area contributed by atoms with Crippen molar-refractivity contribution in [1.82, 2.24) is 0 Å². The summed E-state index contributed by atoms with van der Waals surface area (Å²) in [5.41, 5.74) is 6.58. The second-order valence-corrected chi connectivity index (χ2v) is 4.89. The summed E-state index contributed by atoms with van der Waals surface area (Å²) >= 11 is 4.85. The molecule has 1 aliphatic rings. The number of nitrogens with two attached hydrogens (primary N) is 1. The van der Waals surface area contributed by atoms with Gasteiger partial charge in [0.05, 0.1) is 11.6 Å². The topological polar surface area (TPSA) is 44.5 Å². The van der Waals surface area contributed by atoms with Crippen molar-refractivity contribution in [3.05, 3.63) is 29.8 Å². The molecule has 1 aromatic rings. The Morgan fingerprint density at radius 3 is 2.59 bits per heavy atom. The van der Waals surface area contributed by atoms with Crippen molar-refractivity contribution in [2.24, 2.45) is 11.7 Å². The molecule has 2 rings (SSSR count). The Kier molecular flexibility index (Phi) is 4.34. The van der Waals surface area contributed by atoms with Crippen molar-refractivity contribution in [1.29, 1.82) is 0 Å². The molecule has 0 spiro atoms. The third kappa shape index (κ3) is 4.71. The van der Waals surface area contributed by atoms with Gasteiger partial charge in [-0.2, -0.15) is 0 Å². The maximum absolute atomic E-state index is 5.48. The molecule has 17 heavy (non-hydrogen) atoms. The minimum absolute atomic E-state index is 0.325. The summed E-state index contributed by atoms with van der Waals surface area (Å²) < 4.78 is 10.9. The molecule has 3 nitrogen and oxygen atoms in total. The molecule has 0 aliphatic heterocycles. The van der Waals surface area contributed by atoms with Crippen LogP contribution in [0.2, 0.25) is 0 Å². The Morgan fingerprint density at radius 2 is 2.00 bits per heavy atom. The maximum atomic E-state index is 5.48. The van der Waals surface area contributed by atoms with Gasteiger partial charge in [-0.25, -0.2) is 0 Å². The van der Waals surface area contributed by atoms with Gasteiger partial charge >= 0.3 is 0 Å². The molecule has 1 fully saturated rings. The van der Waals surface area contributed by atoms with Gasteiger partial charge < -0.3 is 15.2 Å². The molecule has 0 heterocycles. The van der Waals surface area contributed by atoms with Crippen LogP contribution in [-0.4, -0.2) is 18.4 Å². The highest BCUT2D eigenvalue weighted by Gasteiger charge is 2.20. The average molecular weight is 251 g/mol. The van der Waals surface area contributed by atoms with E-state index < -0.39 is 0 Å². The van der Waals surface area contributed by atoms with Crippen molar-refractivity contribution in [3.63, 3.8) is 0 Å². The Labute approximate surface area is 107 Å². The quantitative estimate of drug-likeness (QED) is 0.459. The molecule has 0 aromatic heterocycles. The van der Waals surface area contributed by atoms with Gasteiger partial charge in [0.15, 0.2) is 6.79 Å². The van der Waals surface area contributed by atoms with E-state index in [1.807, 2.05) is 24.3 Å². The van der Waals surface area contributed by atoms with Crippen LogP contribution in [0.4, 0.5) is 0 Å². The number of rotatable bonds is 7. The molecule has 92 valence electrons. The number of hydrogen-bond donors (Lipinski definition) is 1. The maximum Gasteiger partial charge on any atom is 0.189 e. The van der Waals surface area contributed by atoms with Gasteiger partial charge in [0.25, 0.3) is 0 Å². The van der Waals surface area contributed by atoms with Crippen LogP contribution in [0, 0.1) is 5.92 Å². The normalized spacial score (nSPS) is 14.6. The van der Waals surface area contributed by atoms with Gasteiger partial charge in [0, 0.05) is 6.42 Å². The van der Waals surface area contributed by atoms with Crippen LogP contribution in [0.15, 0.2) is 24.3 Å². The highest BCUT2D eigenvalue weighted by molar-refractivity contribution is 7.80. The van der Waals surface area contributed by atoms with Crippen molar-refractivity contribution < 1.29 is 9.47 Å². The second kappa shape index (κ2) is 5.98. The van der Waals surface area contributed by atoms with E-state index in [-0.39, 0.29) is 0 Å². The summed E-state index contributed by atoms with van der Waals surface area (Å²) in [5.74, 6) is 1.58. The van der Waals surface area contributed by atoms with Gasteiger partial charge in [-0.05, 0) is 36.5 Å². The monoisotopic (exact) mass is 251 g/mol. The third-order valence-corrected chi connectivity index (χ3v) is 2.81. The van der Waals surface area contributed by atoms with Crippen LogP contribution in [0.25, 0.3) is 0 Å². The molecule has 1 aliphatic carbocycles. The van der Waals surface area contributed by atoms with E-state index in [2.05, 4.69) is 0 Å². The zero-order valence-corrected chi connectivity index (χ0v) is 10.5. The summed E-state index contributed by atoms with van der Waals surface area (Å²) in [5, 5.41) is 0. The van der Waals surface area contributed by atoms with E-state index in [4.69, 9.17) is 27.4 Å². The van der Waals surface area contributed by atoms with Gasteiger partial charge in [-0.1, -0.05) is 24.4 Å². The Bertz CT molecular complexity index is 374. The first-order valence-corrected chi connectivity index (χ1v) is 6.22. The number of benzene rings is 1. The highest BCUT2D eigenvalue weighted by atomic mass is 32.1. The number of ether oxygens (including phenoxy) is 2. The molecule has 0 atom stereocenters. The summed E-state index contributed by atoms with van der Waals surface area (Å²) in [6.45, 7) is 1.14. The lowest BCUT2D eigenvalue weighted by atomic mass is 10.1. The van der Waals surface area contributed by atoms with Crippen molar-refractivity contribution in [3.8, 4) is 5.75 Å². The fraction of sp³-hybridized carbons (Fsp3) is 0.462. The lowest BCUT2D eigenvalue weighted by Crippen LogP contribution is -2.11. The van der Waals surface area contributed by atoms with Crippen molar-refractivity contribution in [2.45, 2.75) is 19.3 Å². The predicted molar refractivity (Wildman–Crippen MR) is 71.1 cm³/mol. The Balaban J connectivity index is 1.70. The van der Waals surface area contributed by atoms with E-state index in [9.17, 15) is 0 Å². The summed E-state index contributed by atoms with van der Waals surface area (Å²) in [6.07, 6.45) is 3.23. The largest absolute Gasteiger partial charge is 0.468 e. The van der Waals surface area contributed by atoms with Gasteiger partial charge in [-0.3, -0.25) is 0 Å². The zero-order valence-electron chi connectivity index (χ0n) is 9.72. The van der Waals surface area contributed by atoms with Crippen molar-refractivity contribution >= 4 is 17.2 Å². The van der Waals surface area contributed by atoms with Crippen molar-refractivity contribution in [2.75, 3.05) is 13.4 Å². The molecule has 1 saturated carbocycles. The van der Waals surface area contributed by atoms with Gasteiger partial charge in [-0.15, -0.1) is 0 Å². The van der Waals surface area contributed by atoms with E-state index in [0.29, 0.717) is 18.2 Å². The molecule has 4 heteroatoms. The average Bonchev–Trinajstić information content (AvgIpc) is 3.10. The van der Waals surface area contributed by atoms with E-state index in [0.717, 1.165) is 23.8 Å². The molecule has 0 unspecified atom stereocenters. The Morgan fingerprint density at radius 1 is 1.29 bits per heavy atom. The fourth-order valence-corrected chi connectivity index (χ4v) is 1.68. The minimum Gasteiger partial charge on any atom is -0.468 e. The minimum atomic E-state index is 0.325. The van der Waals surface area contributed by atoms with Crippen LogP contribution in [-0.2, 0) is 11.2 Å².